The van der Waals surface area contributed by atoms with E-state index >= 15 is 0 Å². The lowest BCUT2D eigenvalue weighted by molar-refractivity contribution is 0.508. The monoisotopic (exact) mass is 486 g/mol. The minimum atomic E-state index is -0.194. The van der Waals surface area contributed by atoms with E-state index in [1.807, 2.05) is 73.8 Å². The van der Waals surface area contributed by atoms with Crippen LogP contribution in [0.5, 0.6) is 0 Å². The number of hydrogen-bond acceptors (Lipinski definition) is 7. The number of thioether (sulfide) groups is 1. The van der Waals surface area contributed by atoms with Gasteiger partial charge >= 0.3 is 0 Å². The zero-order valence-corrected chi connectivity index (χ0v) is 20.4. The van der Waals surface area contributed by atoms with Gasteiger partial charge in [-0.3, -0.25) is 9.36 Å². The molecule has 6 nitrogen and oxygen atoms in total. The van der Waals surface area contributed by atoms with Crippen molar-refractivity contribution in [2.75, 3.05) is 0 Å². The van der Waals surface area contributed by atoms with Crippen molar-refractivity contribution < 1.29 is 4.42 Å². The summed E-state index contributed by atoms with van der Waals surface area (Å²) in [6, 6.07) is 17.8. The summed E-state index contributed by atoms with van der Waals surface area (Å²) in [7, 11) is 0. The number of thiophene rings is 1. The Bertz CT molecular complexity index is 1520. The van der Waals surface area contributed by atoms with Crippen molar-refractivity contribution >= 4 is 33.3 Å². The molecule has 1 atom stereocenters. The Morgan fingerprint density at radius 3 is 2.62 bits per heavy atom. The average molecular weight is 487 g/mol. The van der Waals surface area contributed by atoms with Gasteiger partial charge in [-0.15, -0.1) is 28.1 Å². The number of nitrogens with zero attached hydrogens (tertiary/aromatic N) is 4. The van der Waals surface area contributed by atoms with Crippen molar-refractivity contribution in [2.45, 2.75) is 30.8 Å². The SMILES string of the molecule is C=CCn1c(SC(C)c2nnc(-c3ccc(C)cc3)o2)nc2scc(-c3ccccc3)c2c1=O. The van der Waals surface area contributed by atoms with E-state index in [1.165, 1.54) is 23.1 Å². The quantitative estimate of drug-likeness (QED) is 0.148. The minimum absolute atomic E-state index is 0.0782. The van der Waals surface area contributed by atoms with Crippen molar-refractivity contribution in [3.8, 4) is 22.6 Å². The van der Waals surface area contributed by atoms with E-state index in [9.17, 15) is 4.79 Å². The van der Waals surface area contributed by atoms with Gasteiger partial charge in [-0.25, -0.2) is 4.98 Å². The number of benzene rings is 2. The summed E-state index contributed by atoms with van der Waals surface area (Å²) in [5.74, 6) is 0.955. The van der Waals surface area contributed by atoms with Crippen molar-refractivity contribution in [1.29, 1.82) is 0 Å². The van der Waals surface area contributed by atoms with E-state index in [4.69, 9.17) is 9.40 Å². The Kier molecular flexibility index (Phi) is 6.17. The van der Waals surface area contributed by atoms with Crippen LogP contribution in [0.25, 0.3) is 32.8 Å². The summed E-state index contributed by atoms with van der Waals surface area (Å²) in [6.45, 7) is 8.19. The molecular weight excluding hydrogens is 464 g/mol. The van der Waals surface area contributed by atoms with Crippen LogP contribution < -0.4 is 5.56 Å². The number of aromatic nitrogens is 4. The normalized spacial score (nSPS) is 12.2. The summed E-state index contributed by atoms with van der Waals surface area (Å²) in [5, 5.41) is 11.5. The van der Waals surface area contributed by atoms with E-state index in [0.717, 1.165) is 22.3 Å². The second-order valence-electron chi connectivity index (χ2n) is 7.87. The fourth-order valence-corrected chi connectivity index (χ4v) is 5.57. The predicted molar refractivity (Wildman–Crippen MR) is 138 cm³/mol. The average Bonchev–Trinajstić information content (AvgIpc) is 3.51. The lowest BCUT2D eigenvalue weighted by Gasteiger charge is -2.13. The molecule has 5 aromatic rings. The lowest BCUT2D eigenvalue weighted by Crippen LogP contribution is -2.22. The summed E-state index contributed by atoms with van der Waals surface area (Å²) in [4.78, 5) is 19.1. The Balaban J connectivity index is 1.50. The standard InChI is InChI=1S/C26H22N4O2S2/c1-4-14-30-25(31)21-20(18-8-6-5-7-9-18)15-33-24(21)27-26(30)34-17(3)22-28-29-23(32-22)19-12-10-16(2)11-13-19/h4-13,15,17H,1,14H2,2-3H3. The van der Waals surface area contributed by atoms with Gasteiger partial charge in [-0.1, -0.05) is 65.9 Å². The van der Waals surface area contributed by atoms with Crippen LogP contribution in [-0.4, -0.2) is 19.7 Å². The first-order valence-electron chi connectivity index (χ1n) is 10.8. The molecule has 3 heterocycles. The second kappa shape index (κ2) is 9.40. The van der Waals surface area contributed by atoms with Gasteiger partial charge in [0.25, 0.3) is 5.56 Å². The Morgan fingerprint density at radius 2 is 1.88 bits per heavy atom. The Hall–Kier alpha value is -3.49. The highest BCUT2D eigenvalue weighted by atomic mass is 32.2. The van der Waals surface area contributed by atoms with Gasteiger partial charge in [0, 0.05) is 23.1 Å². The minimum Gasteiger partial charge on any atom is -0.419 e. The summed E-state index contributed by atoms with van der Waals surface area (Å²) >= 11 is 2.90. The molecule has 3 aromatic heterocycles. The topological polar surface area (TPSA) is 73.8 Å². The molecule has 1 unspecified atom stereocenters. The molecule has 0 aliphatic carbocycles. The number of aryl methyl sites for hydroxylation is 1. The van der Waals surface area contributed by atoms with Crippen LogP contribution in [0, 0.1) is 6.92 Å². The molecule has 0 aliphatic heterocycles. The van der Waals surface area contributed by atoms with Gasteiger partial charge in [-0.2, -0.15) is 0 Å². The zero-order chi connectivity index (χ0) is 23.7. The Morgan fingerprint density at radius 1 is 1.12 bits per heavy atom. The maximum atomic E-state index is 13.5. The molecule has 0 saturated heterocycles. The second-order valence-corrected chi connectivity index (χ2v) is 10.0. The van der Waals surface area contributed by atoms with E-state index in [0.29, 0.717) is 33.7 Å². The maximum absolute atomic E-state index is 13.5. The molecule has 0 spiro atoms. The van der Waals surface area contributed by atoms with E-state index < -0.39 is 0 Å². The van der Waals surface area contributed by atoms with Crippen molar-refractivity contribution in [3.63, 3.8) is 0 Å². The summed E-state index contributed by atoms with van der Waals surface area (Å²) < 4.78 is 7.61. The first-order chi connectivity index (χ1) is 16.5. The fourth-order valence-electron chi connectivity index (χ4n) is 3.64. The molecule has 0 aliphatic rings. The first kappa shape index (κ1) is 22.3. The molecule has 5 rings (SSSR count). The third kappa shape index (κ3) is 4.22. The van der Waals surface area contributed by atoms with Crippen LogP contribution >= 0.6 is 23.1 Å². The largest absolute Gasteiger partial charge is 0.419 e. The van der Waals surface area contributed by atoms with Crippen LogP contribution in [0.4, 0.5) is 0 Å². The molecule has 0 saturated carbocycles. The molecule has 8 heteroatoms. The van der Waals surface area contributed by atoms with Crippen LogP contribution in [0.1, 0.15) is 23.6 Å². The number of rotatable bonds is 7. The van der Waals surface area contributed by atoms with E-state index in [1.54, 1.807) is 10.6 Å². The van der Waals surface area contributed by atoms with Crippen LogP contribution in [-0.2, 0) is 6.54 Å². The molecule has 0 bridgehead atoms. The smallest absolute Gasteiger partial charge is 0.263 e. The highest BCUT2D eigenvalue weighted by molar-refractivity contribution is 7.99. The third-order valence-electron chi connectivity index (χ3n) is 5.42. The predicted octanol–water partition coefficient (Wildman–Crippen LogP) is 6.52. The molecule has 2 aromatic carbocycles. The van der Waals surface area contributed by atoms with Gasteiger partial charge in [0.2, 0.25) is 11.8 Å². The van der Waals surface area contributed by atoms with Crippen molar-refractivity contribution in [3.05, 3.63) is 94.4 Å². The highest BCUT2D eigenvalue weighted by Gasteiger charge is 2.22. The molecule has 170 valence electrons. The van der Waals surface area contributed by atoms with E-state index in [2.05, 4.69) is 16.8 Å². The van der Waals surface area contributed by atoms with Crippen LogP contribution in [0.15, 0.2) is 87.0 Å². The van der Waals surface area contributed by atoms with Gasteiger partial charge in [0.15, 0.2) is 5.16 Å². The lowest BCUT2D eigenvalue weighted by atomic mass is 10.1. The first-order valence-corrected chi connectivity index (χ1v) is 12.6. The summed E-state index contributed by atoms with van der Waals surface area (Å²) in [6.07, 6.45) is 1.71. The molecule has 0 fully saturated rings. The van der Waals surface area contributed by atoms with Gasteiger partial charge < -0.3 is 4.42 Å². The summed E-state index contributed by atoms with van der Waals surface area (Å²) in [5.41, 5.74) is 3.86. The maximum Gasteiger partial charge on any atom is 0.263 e. The Labute approximate surface area is 205 Å². The van der Waals surface area contributed by atoms with Crippen LogP contribution in [0.3, 0.4) is 0 Å². The van der Waals surface area contributed by atoms with Crippen LogP contribution in [0.2, 0.25) is 0 Å². The van der Waals surface area contributed by atoms with Crippen molar-refractivity contribution in [1.82, 2.24) is 19.7 Å². The third-order valence-corrected chi connectivity index (χ3v) is 7.37. The van der Waals surface area contributed by atoms with Gasteiger partial charge in [-0.05, 0) is 31.5 Å². The van der Waals surface area contributed by atoms with Gasteiger partial charge in [0.1, 0.15) is 4.83 Å². The van der Waals surface area contributed by atoms with E-state index in [-0.39, 0.29) is 10.8 Å². The highest BCUT2D eigenvalue weighted by Crippen LogP contribution is 2.37. The molecule has 0 N–H and O–H groups in total. The number of allylic oxidation sites excluding steroid dienone is 1. The molecule has 0 amide bonds. The molecule has 34 heavy (non-hydrogen) atoms. The van der Waals surface area contributed by atoms with Crippen molar-refractivity contribution in [2.24, 2.45) is 0 Å². The van der Waals surface area contributed by atoms with Gasteiger partial charge in [0.05, 0.1) is 10.6 Å². The molecule has 0 radical (unpaired) electrons. The fraction of sp³-hybridized carbons (Fsp3) is 0.154. The number of fused-ring (bicyclic) bond motifs is 1. The zero-order valence-electron chi connectivity index (χ0n) is 18.8. The number of hydrogen-bond donors (Lipinski definition) is 0. The molecular formula is C26H22N4O2S2.